The number of aromatic amines is 1. The van der Waals surface area contributed by atoms with Crippen LogP contribution in [0.4, 0.5) is 0 Å². The first-order valence-corrected chi connectivity index (χ1v) is 7.01. The van der Waals surface area contributed by atoms with E-state index >= 15 is 0 Å². The van der Waals surface area contributed by atoms with Crippen LogP contribution in [0.3, 0.4) is 0 Å². The normalized spacial score (nSPS) is 10.7. The van der Waals surface area contributed by atoms with Gasteiger partial charge >= 0.3 is 0 Å². The van der Waals surface area contributed by atoms with E-state index in [0.29, 0.717) is 12.0 Å². The summed E-state index contributed by atoms with van der Waals surface area (Å²) in [6.07, 6.45) is 0.939. The molecule has 0 atom stereocenters. The monoisotopic (exact) mass is 280 g/mol. The first kappa shape index (κ1) is 13.4. The van der Waals surface area contributed by atoms with Crippen molar-refractivity contribution in [2.45, 2.75) is 13.3 Å². The lowest BCUT2D eigenvalue weighted by Gasteiger charge is -2.11. The highest BCUT2D eigenvalue weighted by atomic mass is 16.5. The van der Waals surface area contributed by atoms with E-state index in [-0.39, 0.29) is 5.56 Å². The highest BCUT2D eigenvalue weighted by molar-refractivity contribution is 5.94. The van der Waals surface area contributed by atoms with Crippen LogP contribution >= 0.6 is 0 Å². The van der Waals surface area contributed by atoms with Crippen LogP contribution in [0.2, 0.25) is 0 Å². The first-order valence-electron chi connectivity index (χ1n) is 7.01. The molecule has 3 rings (SSSR count). The Hall–Kier alpha value is -2.62. The summed E-state index contributed by atoms with van der Waals surface area (Å²) in [6.45, 7) is 2.72. The van der Waals surface area contributed by atoms with Gasteiger partial charge in [0.05, 0.1) is 12.0 Å². The smallest absolute Gasteiger partial charge is 0.272 e. The second kappa shape index (κ2) is 5.79. The number of para-hydroxylation sites is 1. The number of aromatic nitrogens is 2. The fraction of sp³-hybridized carbons (Fsp3) is 0.176. The van der Waals surface area contributed by atoms with E-state index in [1.807, 2.05) is 42.5 Å². The summed E-state index contributed by atoms with van der Waals surface area (Å²) in [5, 5.41) is 8.25. The molecule has 106 valence electrons. The third kappa shape index (κ3) is 2.52. The number of hydrogen-bond acceptors (Lipinski definition) is 3. The number of benzene rings is 2. The predicted octanol–water partition coefficient (Wildman–Crippen LogP) is 3.38. The summed E-state index contributed by atoms with van der Waals surface area (Å²) in [6, 6.07) is 15.2. The maximum atomic E-state index is 11.9. The molecule has 2 aromatic carbocycles. The van der Waals surface area contributed by atoms with E-state index in [4.69, 9.17) is 4.74 Å². The maximum absolute atomic E-state index is 11.9. The molecule has 0 fully saturated rings. The average Bonchev–Trinajstić information content (AvgIpc) is 2.54. The van der Waals surface area contributed by atoms with Crippen molar-refractivity contribution in [2.24, 2.45) is 0 Å². The van der Waals surface area contributed by atoms with Gasteiger partial charge in [0.2, 0.25) is 0 Å². The molecule has 1 heterocycles. The maximum Gasteiger partial charge on any atom is 0.272 e. The van der Waals surface area contributed by atoms with Gasteiger partial charge in [0.25, 0.3) is 5.56 Å². The van der Waals surface area contributed by atoms with E-state index < -0.39 is 0 Å². The van der Waals surface area contributed by atoms with Crippen molar-refractivity contribution in [3.05, 3.63) is 58.9 Å². The van der Waals surface area contributed by atoms with Crippen LogP contribution in [0, 0.1) is 0 Å². The minimum Gasteiger partial charge on any atom is -0.493 e. The number of nitrogens with zero attached hydrogens (tertiary/aromatic N) is 1. The Morgan fingerprint density at radius 3 is 2.57 bits per heavy atom. The van der Waals surface area contributed by atoms with Crippen LogP contribution in [-0.4, -0.2) is 16.8 Å². The average molecular weight is 280 g/mol. The van der Waals surface area contributed by atoms with Crippen molar-refractivity contribution in [2.75, 3.05) is 6.61 Å². The zero-order valence-electron chi connectivity index (χ0n) is 11.8. The molecule has 0 radical (unpaired) electrons. The lowest BCUT2D eigenvalue weighted by Crippen LogP contribution is -2.09. The Morgan fingerprint density at radius 1 is 1.05 bits per heavy atom. The Kier molecular flexibility index (Phi) is 3.69. The Bertz CT molecular complexity index is 824. The summed E-state index contributed by atoms with van der Waals surface area (Å²) < 4.78 is 5.79. The molecule has 0 bridgehead atoms. The third-order valence-corrected chi connectivity index (χ3v) is 3.30. The summed E-state index contributed by atoms with van der Waals surface area (Å²) in [5.74, 6) is 0.782. The van der Waals surface area contributed by atoms with Crippen LogP contribution in [0.15, 0.2) is 53.3 Å². The molecule has 0 unspecified atom stereocenters. The second-order valence-corrected chi connectivity index (χ2v) is 4.79. The van der Waals surface area contributed by atoms with E-state index in [1.165, 1.54) is 0 Å². The molecule has 0 saturated heterocycles. The topological polar surface area (TPSA) is 55.0 Å². The Labute approximate surface area is 122 Å². The molecule has 3 aromatic rings. The summed E-state index contributed by atoms with van der Waals surface area (Å²) in [5.41, 5.74) is 1.44. The Morgan fingerprint density at radius 2 is 1.76 bits per heavy atom. The number of fused-ring (bicyclic) bond motifs is 1. The molecule has 0 aliphatic carbocycles. The van der Waals surface area contributed by atoms with E-state index in [9.17, 15) is 4.79 Å². The van der Waals surface area contributed by atoms with Gasteiger partial charge in [0.15, 0.2) is 0 Å². The number of rotatable bonds is 4. The molecule has 0 spiro atoms. The standard InChI is InChI=1S/C17H16N2O2/c1-2-11-21-15-10-6-5-9-14(15)16-12-7-3-4-8-13(12)17(20)19-18-16/h3-10H,2,11H2,1H3,(H,19,20). The number of hydrogen-bond donors (Lipinski definition) is 1. The van der Waals surface area contributed by atoms with Crippen LogP contribution in [0.5, 0.6) is 5.75 Å². The lowest BCUT2D eigenvalue weighted by atomic mass is 10.0. The van der Waals surface area contributed by atoms with Gasteiger partial charge in [-0.25, -0.2) is 5.10 Å². The number of ether oxygens (including phenoxy) is 1. The molecular weight excluding hydrogens is 264 g/mol. The lowest BCUT2D eigenvalue weighted by molar-refractivity contribution is 0.318. The molecule has 4 heteroatoms. The van der Waals surface area contributed by atoms with Crippen LogP contribution in [0.25, 0.3) is 22.0 Å². The molecule has 1 aromatic heterocycles. The van der Waals surface area contributed by atoms with Crippen LogP contribution < -0.4 is 10.3 Å². The summed E-state index contributed by atoms with van der Waals surface area (Å²) >= 11 is 0. The molecule has 21 heavy (non-hydrogen) atoms. The molecule has 1 N–H and O–H groups in total. The van der Waals surface area contributed by atoms with Gasteiger partial charge in [0, 0.05) is 10.9 Å². The van der Waals surface area contributed by atoms with Crippen molar-refractivity contribution < 1.29 is 4.74 Å². The zero-order chi connectivity index (χ0) is 14.7. The second-order valence-electron chi connectivity index (χ2n) is 4.79. The summed E-state index contributed by atoms with van der Waals surface area (Å²) in [7, 11) is 0. The molecule has 0 aliphatic heterocycles. The molecule has 0 aliphatic rings. The van der Waals surface area contributed by atoms with Gasteiger partial charge in [-0.3, -0.25) is 4.79 Å². The fourth-order valence-electron chi connectivity index (χ4n) is 2.32. The van der Waals surface area contributed by atoms with Crippen molar-refractivity contribution in [3.8, 4) is 17.0 Å². The molecule has 0 saturated carbocycles. The SMILES string of the molecule is CCCOc1ccccc1-c1n[nH]c(=O)c2ccccc12. The van der Waals surface area contributed by atoms with Gasteiger partial charge in [-0.05, 0) is 24.6 Å². The molecule has 4 nitrogen and oxygen atoms in total. The minimum absolute atomic E-state index is 0.179. The van der Waals surface area contributed by atoms with Gasteiger partial charge in [-0.15, -0.1) is 0 Å². The van der Waals surface area contributed by atoms with E-state index in [2.05, 4.69) is 17.1 Å². The predicted molar refractivity (Wildman–Crippen MR) is 83.6 cm³/mol. The fourth-order valence-corrected chi connectivity index (χ4v) is 2.32. The van der Waals surface area contributed by atoms with Gasteiger partial charge in [-0.1, -0.05) is 37.3 Å². The highest BCUT2D eigenvalue weighted by Crippen LogP contribution is 2.31. The quantitative estimate of drug-likeness (QED) is 0.797. The third-order valence-electron chi connectivity index (χ3n) is 3.30. The number of nitrogens with one attached hydrogen (secondary N) is 1. The first-order chi connectivity index (χ1) is 10.3. The van der Waals surface area contributed by atoms with Crippen LogP contribution in [-0.2, 0) is 0 Å². The largest absolute Gasteiger partial charge is 0.493 e. The summed E-state index contributed by atoms with van der Waals surface area (Å²) in [4.78, 5) is 11.9. The van der Waals surface area contributed by atoms with Gasteiger partial charge in [-0.2, -0.15) is 5.10 Å². The highest BCUT2D eigenvalue weighted by Gasteiger charge is 2.12. The van der Waals surface area contributed by atoms with Gasteiger partial charge in [0.1, 0.15) is 11.4 Å². The Balaban J connectivity index is 2.22. The number of H-pyrrole nitrogens is 1. The van der Waals surface area contributed by atoms with Crippen molar-refractivity contribution in [1.29, 1.82) is 0 Å². The molecule has 0 amide bonds. The van der Waals surface area contributed by atoms with Gasteiger partial charge < -0.3 is 4.74 Å². The molecular formula is C17H16N2O2. The van der Waals surface area contributed by atoms with Crippen molar-refractivity contribution in [3.63, 3.8) is 0 Å². The van der Waals surface area contributed by atoms with Crippen molar-refractivity contribution >= 4 is 10.8 Å². The van der Waals surface area contributed by atoms with E-state index in [1.54, 1.807) is 6.07 Å². The minimum atomic E-state index is -0.179. The van der Waals surface area contributed by atoms with Crippen LogP contribution in [0.1, 0.15) is 13.3 Å². The van der Waals surface area contributed by atoms with Crippen molar-refractivity contribution in [1.82, 2.24) is 10.2 Å². The zero-order valence-corrected chi connectivity index (χ0v) is 11.8. The van der Waals surface area contributed by atoms with E-state index in [0.717, 1.165) is 28.8 Å².